The van der Waals surface area contributed by atoms with Crippen LogP contribution in [0.15, 0.2) is 42.7 Å². The van der Waals surface area contributed by atoms with E-state index in [1.165, 1.54) is 12.4 Å². The molecule has 0 unspecified atom stereocenters. The van der Waals surface area contributed by atoms with Gasteiger partial charge in [0.05, 0.1) is 11.6 Å². The van der Waals surface area contributed by atoms with Gasteiger partial charge in [-0.2, -0.15) is 5.10 Å². The molecule has 24 heavy (non-hydrogen) atoms. The lowest BCUT2D eigenvalue weighted by Crippen LogP contribution is -2.45. The molecule has 1 amide bonds. The number of nitro groups is 1. The summed E-state index contributed by atoms with van der Waals surface area (Å²) < 4.78 is 1.57. The Kier molecular flexibility index (Phi) is 4.85. The Balaban J connectivity index is 1.47. The van der Waals surface area contributed by atoms with Crippen molar-refractivity contribution in [1.29, 1.82) is 0 Å². The number of carbonyl (C=O) groups excluding carboxylic acids is 1. The average Bonchev–Trinajstić information content (AvgIpc) is 3.06. The highest BCUT2D eigenvalue weighted by Crippen LogP contribution is 2.14. The monoisotopic (exact) mass is 329 g/mol. The summed E-state index contributed by atoms with van der Waals surface area (Å²) in [5.74, 6) is -0.0447. The summed E-state index contributed by atoms with van der Waals surface area (Å²) in [6, 6.07) is 9.33. The average molecular weight is 329 g/mol. The summed E-state index contributed by atoms with van der Waals surface area (Å²) in [6.07, 6.45) is 4.39. The summed E-state index contributed by atoms with van der Waals surface area (Å²) in [5, 5.41) is 17.7. The lowest BCUT2D eigenvalue weighted by Gasteiger charge is -2.32. The first-order chi connectivity index (χ1) is 11.6. The molecule has 1 fully saturated rings. The first-order valence-corrected chi connectivity index (χ1v) is 7.87. The fourth-order valence-corrected chi connectivity index (χ4v) is 2.81. The van der Waals surface area contributed by atoms with E-state index in [1.54, 1.807) is 16.8 Å². The Labute approximate surface area is 139 Å². The molecule has 126 valence electrons. The third kappa shape index (κ3) is 3.96. The summed E-state index contributed by atoms with van der Waals surface area (Å²) in [4.78, 5) is 24.5. The quantitative estimate of drug-likeness (QED) is 0.665. The van der Waals surface area contributed by atoms with Crippen LogP contribution in [0.5, 0.6) is 0 Å². The molecule has 0 radical (unpaired) electrons. The number of piperidine rings is 1. The highest BCUT2D eigenvalue weighted by atomic mass is 16.6. The van der Waals surface area contributed by atoms with Crippen LogP contribution in [-0.2, 0) is 6.67 Å². The van der Waals surface area contributed by atoms with Crippen molar-refractivity contribution in [2.24, 2.45) is 0 Å². The van der Waals surface area contributed by atoms with Gasteiger partial charge in [0, 0.05) is 24.7 Å². The van der Waals surface area contributed by atoms with E-state index in [1.807, 2.05) is 18.2 Å². The van der Waals surface area contributed by atoms with Crippen molar-refractivity contribution < 1.29 is 9.72 Å². The molecule has 0 bridgehead atoms. The minimum absolute atomic E-state index is 0.00000966. The van der Waals surface area contributed by atoms with Gasteiger partial charge >= 0.3 is 5.69 Å². The molecular formula is C16H19N5O3. The largest absolute Gasteiger partial charge is 0.349 e. The molecule has 2 heterocycles. The third-order valence-electron chi connectivity index (χ3n) is 4.13. The van der Waals surface area contributed by atoms with Crippen molar-refractivity contribution in [3.8, 4) is 0 Å². The molecule has 1 aliphatic rings. The van der Waals surface area contributed by atoms with Crippen LogP contribution < -0.4 is 5.32 Å². The van der Waals surface area contributed by atoms with E-state index in [0.717, 1.165) is 25.9 Å². The van der Waals surface area contributed by atoms with Crippen molar-refractivity contribution in [3.05, 3.63) is 58.4 Å². The summed E-state index contributed by atoms with van der Waals surface area (Å²) in [7, 11) is 0. The number of nitrogens with zero attached hydrogens (tertiary/aromatic N) is 4. The van der Waals surface area contributed by atoms with E-state index in [4.69, 9.17) is 0 Å². The number of amides is 1. The molecular weight excluding hydrogens is 310 g/mol. The van der Waals surface area contributed by atoms with Gasteiger partial charge in [0.1, 0.15) is 12.4 Å². The Bertz CT molecular complexity index is 708. The second kappa shape index (κ2) is 7.22. The topological polar surface area (TPSA) is 93.3 Å². The van der Waals surface area contributed by atoms with Crippen LogP contribution >= 0.6 is 0 Å². The van der Waals surface area contributed by atoms with Gasteiger partial charge in [-0.25, -0.2) is 0 Å². The first kappa shape index (κ1) is 16.1. The minimum atomic E-state index is -0.450. The summed E-state index contributed by atoms with van der Waals surface area (Å²) >= 11 is 0. The number of likely N-dealkylation sites (tertiary alicyclic amines) is 1. The predicted octanol–water partition coefficient (Wildman–Crippen LogP) is 1.64. The van der Waals surface area contributed by atoms with Gasteiger partial charge in [-0.1, -0.05) is 18.2 Å². The van der Waals surface area contributed by atoms with E-state index < -0.39 is 4.92 Å². The van der Waals surface area contributed by atoms with Crippen molar-refractivity contribution in [1.82, 2.24) is 20.0 Å². The molecule has 8 heteroatoms. The van der Waals surface area contributed by atoms with Crippen molar-refractivity contribution in [2.45, 2.75) is 25.6 Å². The fourth-order valence-electron chi connectivity index (χ4n) is 2.81. The van der Waals surface area contributed by atoms with Crippen LogP contribution in [-0.4, -0.2) is 44.6 Å². The smallest absolute Gasteiger partial charge is 0.307 e. The molecule has 8 nitrogen and oxygen atoms in total. The van der Waals surface area contributed by atoms with Crippen molar-refractivity contribution in [3.63, 3.8) is 0 Å². The zero-order chi connectivity index (χ0) is 16.9. The SMILES string of the molecule is O=C(NC1CCN(Cn2cc([N+](=O)[O-])cn2)CC1)c1ccccc1. The van der Waals surface area contributed by atoms with Gasteiger partial charge in [-0.15, -0.1) is 0 Å². The van der Waals surface area contributed by atoms with E-state index in [0.29, 0.717) is 12.2 Å². The van der Waals surface area contributed by atoms with E-state index in [2.05, 4.69) is 15.3 Å². The number of rotatable bonds is 5. The predicted molar refractivity (Wildman–Crippen MR) is 87.4 cm³/mol. The Morgan fingerprint density at radius 2 is 2.00 bits per heavy atom. The molecule has 0 aliphatic carbocycles. The second-order valence-electron chi connectivity index (χ2n) is 5.87. The van der Waals surface area contributed by atoms with Gasteiger partial charge in [0.2, 0.25) is 0 Å². The molecule has 1 aliphatic heterocycles. The number of hydrogen-bond donors (Lipinski definition) is 1. The standard InChI is InChI=1S/C16H19N5O3/c22-16(13-4-2-1-3-5-13)18-14-6-8-19(9-7-14)12-20-11-15(10-17-20)21(23)24/h1-5,10-11,14H,6-9,12H2,(H,18,22). The number of aromatic nitrogens is 2. The molecule has 0 spiro atoms. The number of nitrogens with one attached hydrogen (secondary N) is 1. The molecule has 0 atom stereocenters. The number of benzene rings is 1. The Hall–Kier alpha value is -2.74. The highest BCUT2D eigenvalue weighted by Gasteiger charge is 2.21. The van der Waals surface area contributed by atoms with Crippen molar-refractivity contribution >= 4 is 11.6 Å². The molecule has 3 rings (SSSR count). The van der Waals surface area contributed by atoms with Gasteiger partial charge in [-0.05, 0) is 25.0 Å². The van der Waals surface area contributed by atoms with E-state index in [9.17, 15) is 14.9 Å². The normalized spacial score (nSPS) is 16.0. The molecule has 2 aromatic rings. The molecule has 1 aromatic heterocycles. The fraction of sp³-hybridized carbons (Fsp3) is 0.375. The Morgan fingerprint density at radius 3 is 2.62 bits per heavy atom. The molecule has 1 aromatic carbocycles. The molecule has 1 N–H and O–H groups in total. The van der Waals surface area contributed by atoms with Gasteiger partial charge in [0.15, 0.2) is 0 Å². The van der Waals surface area contributed by atoms with E-state index >= 15 is 0 Å². The van der Waals surface area contributed by atoms with E-state index in [-0.39, 0.29) is 17.6 Å². The molecule has 1 saturated heterocycles. The van der Waals surface area contributed by atoms with Crippen LogP contribution in [0.4, 0.5) is 5.69 Å². The lowest BCUT2D eigenvalue weighted by molar-refractivity contribution is -0.385. The summed E-state index contributed by atoms with van der Waals surface area (Å²) in [5.41, 5.74) is 0.670. The number of carbonyl (C=O) groups is 1. The Morgan fingerprint density at radius 1 is 1.29 bits per heavy atom. The first-order valence-electron chi connectivity index (χ1n) is 7.87. The second-order valence-corrected chi connectivity index (χ2v) is 5.87. The van der Waals surface area contributed by atoms with Crippen LogP contribution in [0.2, 0.25) is 0 Å². The van der Waals surface area contributed by atoms with Crippen LogP contribution in [0, 0.1) is 10.1 Å². The van der Waals surface area contributed by atoms with Gasteiger partial charge < -0.3 is 5.32 Å². The maximum absolute atomic E-state index is 12.1. The maximum Gasteiger partial charge on any atom is 0.307 e. The minimum Gasteiger partial charge on any atom is -0.349 e. The maximum atomic E-state index is 12.1. The van der Waals surface area contributed by atoms with Crippen LogP contribution in [0.1, 0.15) is 23.2 Å². The van der Waals surface area contributed by atoms with Crippen LogP contribution in [0.25, 0.3) is 0 Å². The summed E-state index contributed by atoms with van der Waals surface area (Å²) in [6.45, 7) is 2.15. The van der Waals surface area contributed by atoms with Crippen molar-refractivity contribution in [2.75, 3.05) is 13.1 Å². The zero-order valence-corrected chi connectivity index (χ0v) is 13.2. The molecule has 0 saturated carbocycles. The zero-order valence-electron chi connectivity index (χ0n) is 13.2. The third-order valence-corrected chi connectivity index (χ3v) is 4.13. The van der Waals surface area contributed by atoms with Gasteiger partial charge in [0.25, 0.3) is 5.91 Å². The lowest BCUT2D eigenvalue weighted by atomic mass is 10.0. The highest BCUT2D eigenvalue weighted by molar-refractivity contribution is 5.94. The van der Waals surface area contributed by atoms with Gasteiger partial charge in [-0.3, -0.25) is 24.5 Å². The number of hydrogen-bond acceptors (Lipinski definition) is 5. The van der Waals surface area contributed by atoms with Crippen LogP contribution in [0.3, 0.4) is 0 Å².